The van der Waals surface area contributed by atoms with Crippen molar-refractivity contribution in [1.82, 2.24) is 5.32 Å². The van der Waals surface area contributed by atoms with Crippen molar-refractivity contribution in [3.63, 3.8) is 0 Å². The van der Waals surface area contributed by atoms with E-state index in [2.05, 4.69) is 11.4 Å². The maximum Gasteiger partial charge on any atom is 0.122 e. The summed E-state index contributed by atoms with van der Waals surface area (Å²) in [6, 6.07) is 0. The molecule has 0 aromatic heterocycles. The first kappa shape index (κ1) is 6.23. The molecule has 2 nitrogen and oxygen atoms in total. The topological polar surface area (TPSA) is 21.3 Å². The fraction of sp³-hybridized carbons (Fsp3) is 0.750. The first-order valence-electron chi connectivity index (χ1n) is 4.00. The van der Waals surface area contributed by atoms with Crippen LogP contribution < -0.4 is 5.32 Å². The van der Waals surface area contributed by atoms with Crippen molar-refractivity contribution in [3.8, 4) is 0 Å². The predicted octanol–water partition coefficient (Wildman–Crippen LogP) is 0.898. The molecule has 0 bridgehead atoms. The van der Waals surface area contributed by atoms with Crippen molar-refractivity contribution in [3.05, 3.63) is 12.3 Å². The molecule has 2 heteroatoms. The van der Waals surface area contributed by atoms with Crippen molar-refractivity contribution < 1.29 is 4.74 Å². The highest BCUT2D eigenvalue weighted by Crippen LogP contribution is 2.24. The maximum absolute atomic E-state index is 5.26. The molecule has 0 radical (unpaired) electrons. The molecule has 0 spiro atoms. The summed E-state index contributed by atoms with van der Waals surface area (Å²) in [4.78, 5) is 0. The van der Waals surface area contributed by atoms with Gasteiger partial charge in [0.2, 0.25) is 0 Å². The SMILES string of the molecule is C1=CC(C2CCNCC2)O1. The second-order valence-corrected chi connectivity index (χ2v) is 3.02. The molecule has 1 saturated heterocycles. The zero-order valence-electron chi connectivity index (χ0n) is 6.05. The minimum atomic E-state index is 0.446. The van der Waals surface area contributed by atoms with Crippen LogP contribution in [0.5, 0.6) is 0 Å². The van der Waals surface area contributed by atoms with Crippen LogP contribution in [0.3, 0.4) is 0 Å². The highest BCUT2D eigenvalue weighted by molar-refractivity contribution is 4.99. The molecule has 0 saturated carbocycles. The van der Waals surface area contributed by atoms with E-state index in [9.17, 15) is 0 Å². The molecule has 10 heavy (non-hydrogen) atoms. The molecule has 2 heterocycles. The lowest BCUT2D eigenvalue weighted by Crippen LogP contribution is -2.35. The minimum Gasteiger partial charge on any atom is -0.494 e. The Morgan fingerprint density at radius 3 is 2.50 bits per heavy atom. The van der Waals surface area contributed by atoms with Crippen molar-refractivity contribution in [2.75, 3.05) is 13.1 Å². The molecule has 0 aromatic rings. The van der Waals surface area contributed by atoms with Gasteiger partial charge in [-0.3, -0.25) is 0 Å². The van der Waals surface area contributed by atoms with Crippen LogP contribution >= 0.6 is 0 Å². The second-order valence-electron chi connectivity index (χ2n) is 3.02. The lowest BCUT2D eigenvalue weighted by atomic mass is 9.91. The van der Waals surface area contributed by atoms with Gasteiger partial charge in [0, 0.05) is 5.92 Å². The summed E-state index contributed by atoms with van der Waals surface area (Å²) in [5.41, 5.74) is 0. The maximum atomic E-state index is 5.26. The van der Waals surface area contributed by atoms with Gasteiger partial charge in [0.1, 0.15) is 6.10 Å². The van der Waals surface area contributed by atoms with Crippen molar-refractivity contribution in [1.29, 1.82) is 0 Å². The van der Waals surface area contributed by atoms with Crippen LogP contribution in [-0.2, 0) is 4.74 Å². The first-order valence-corrected chi connectivity index (χ1v) is 4.00. The van der Waals surface area contributed by atoms with Crippen molar-refractivity contribution >= 4 is 0 Å². The lowest BCUT2D eigenvalue weighted by Gasteiger charge is -2.31. The molecule has 1 atom stereocenters. The molecule has 0 aromatic carbocycles. The number of ether oxygens (including phenoxy) is 1. The highest BCUT2D eigenvalue weighted by atomic mass is 16.5. The third-order valence-electron chi connectivity index (χ3n) is 2.35. The predicted molar refractivity (Wildman–Crippen MR) is 39.6 cm³/mol. The average Bonchev–Trinajstić information content (AvgIpc) is 1.86. The van der Waals surface area contributed by atoms with E-state index in [1.807, 2.05) is 0 Å². The molecule has 2 aliphatic rings. The Hall–Kier alpha value is -0.500. The van der Waals surface area contributed by atoms with E-state index in [-0.39, 0.29) is 0 Å². The average molecular weight is 139 g/mol. The Morgan fingerprint density at radius 2 is 2.00 bits per heavy atom. The normalized spacial score (nSPS) is 33.0. The largest absolute Gasteiger partial charge is 0.494 e. The minimum absolute atomic E-state index is 0.446. The van der Waals surface area contributed by atoms with E-state index in [0.29, 0.717) is 6.10 Å². The number of hydrogen-bond acceptors (Lipinski definition) is 2. The summed E-state index contributed by atoms with van der Waals surface area (Å²) in [5, 5.41) is 3.34. The molecule has 1 unspecified atom stereocenters. The van der Waals surface area contributed by atoms with Crippen LogP contribution in [0.1, 0.15) is 12.8 Å². The molecular weight excluding hydrogens is 126 g/mol. The van der Waals surface area contributed by atoms with Crippen LogP contribution in [-0.4, -0.2) is 19.2 Å². The Balaban J connectivity index is 1.85. The first-order chi connectivity index (χ1) is 4.97. The molecular formula is C8H13NO. The van der Waals surface area contributed by atoms with Gasteiger partial charge in [0.25, 0.3) is 0 Å². The van der Waals surface area contributed by atoms with Gasteiger partial charge in [-0.2, -0.15) is 0 Å². The number of rotatable bonds is 1. The van der Waals surface area contributed by atoms with Crippen LogP contribution in [0, 0.1) is 5.92 Å². The van der Waals surface area contributed by atoms with Crippen molar-refractivity contribution in [2.24, 2.45) is 5.92 Å². The lowest BCUT2D eigenvalue weighted by molar-refractivity contribution is 0.0698. The second kappa shape index (κ2) is 2.62. The third-order valence-corrected chi connectivity index (χ3v) is 2.35. The molecule has 1 N–H and O–H groups in total. The molecule has 2 aliphatic heterocycles. The smallest absolute Gasteiger partial charge is 0.122 e. The van der Waals surface area contributed by atoms with Gasteiger partial charge in [0.05, 0.1) is 6.26 Å². The monoisotopic (exact) mass is 139 g/mol. The Bertz CT molecular complexity index is 138. The Kier molecular flexibility index (Phi) is 1.63. The van der Waals surface area contributed by atoms with Crippen LogP contribution in [0.4, 0.5) is 0 Å². The summed E-state index contributed by atoms with van der Waals surface area (Å²) in [6.07, 6.45) is 6.95. The standard InChI is InChI=1S/C8H13NO/c1-4-9-5-2-7(1)8-3-6-10-8/h3,6-9H,1-2,4-5H2. The number of piperidine rings is 1. The number of nitrogens with one attached hydrogen (secondary N) is 1. The summed E-state index contributed by atoms with van der Waals surface area (Å²) in [6.45, 7) is 2.33. The summed E-state index contributed by atoms with van der Waals surface area (Å²) < 4.78 is 5.26. The number of hydrogen-bond donors (Lipinski definition) is 1. The van der Waals surface area contributed by atoms with E-state index >= 15 is 0 Å². The van der Waals surface area contributed by atoms with Crippen molar-refractivity contribution in [2.45, 2.75) is 18.9 Å². The van der Waals surface area contributed by atoms with E-state index in [0.717, 1.165) is 5.92 Å². The van der Waals surface area contributed by atoms with Gasteiger partial charge in [-0.1, -0.05) is 0 Å². The summed E-state index contributed by atoms with van der Waals surface area (Å²) >= 11 is 0. The molecule has 1 fully saturated rings. The van der Waals surface area contributed by atoms with E-state index in [1.54, 1.807) is 6.26 Å². The quantitative estimate of drug-likeness (QED) is 0.582. The van der Waals surface area contributed by atoms with E-state index < -0.39 is 0 Å². The van der Waals surface area contributed by atoms with Gasteiger partial charge in [-0.25, -0.2) is 0 Å². The van der Waals surface area contributed by atoms with Gasteiger partial charge in [-0.15, -0.1) is 0 Å². The van der Waals surface area contributed by atoms with Crippen LogP contribution in [0.25, 0.3) is 0 Å². The van der Waals surface area contributed by atoms with Crippen LogP contribution in [0.2, 0.25) is 0 Å². The highest BCUT2D eigenvalue weighted by Gasteiger charge is 2.25. The Morgan fingerprint density at radius 1 is 1.30 bits per heavy atom. The summed E-state index contributed by atoms with van der Waals surface area (Å²) in [7, 11) is 0. The zero-order valence-corrected chi connectivity index (χ0v) is 6.05. The fourth-order valence-electron chi connectivity index (χ4n) is 1.61. The van der Waals surface area contributed by atoms with Gasteiger partial charge in [0.15, 0.2) is 0 Å². The van der Waals surface area contributed by atoms with E-state index in [1.165, 1.54) is 25.9 Å². The molecule has 0 amide bonds. The molecule has 0 aliphatic carbocycles. The molecule has 56 valence electrons. The Labute approximate surface area is 61.3 Å². The van der Waals surface area contributed by atoms with Gasteiger partial charge in [-0.05, 0) is 32.0 Å². The van der Waals surface area contributed by atoms with Gasteiger partial charge >= 0.3 is 0 Å². The fourth-order valence-corrected chi connectivity index (χ4v) is 1.61. The van der Waals surface area contributed by atoms with Crippen LogP contribution in [0.15, 0.2) is 12.3 Å². The zero-order chi connectivity index (χ0) is 6.81. The third kappa shape index (κ3) is 1.03. The van der Waals surface area contributed by atoms with E-state index in [4.69, 9.17) is 4.74 Å². The van der Waals surface area contributed by atoms with Gasteiger partial charge < -0.3 is 10.1 Å². The molecule has 2 rings (SSSR count). The summed E-state index contributed by atoms with van der Waals surface area (Å²) in [5.74, 6) is 0.784.